The van der Waals surface area contributed by atoms with Crippen LogP contribution in [-0.4, -0.2) is 40.6 Å². The maximum absolute atomic E-state index is 12.5. The highest BCUT2D eigenvalue weighted by Crippen LogP contribution is 2.25. The zero-order valence-electron chi connectivity index (χ0n) is 15.0. The molecule has 1 atom stereocenters. The first-order chi connectivity index (χ1) is 13.2. The molecule has 1 saturated heterocycles. The summed E-state index contributed by atoms with van der Waals surface area (Å²) in [6.07, 6.45) is 4.11. The van der Waals surface area contributed by atoms with E-state index in [1.165, 1.54) is 12.8 Å². The van der Waals surface area contributed by atoms with E-state index in [9.17, 15) is 9.59 Å². The number of carbonyl (C=O) groups excluding carboxylic acids is 1. The van der Waals surface area contributed by atoms with Crippen LogP contribution in [0.3, 0.4) is 0 Å². The van der Waals surface area contributed by atoms with Gasteiger partial charge in [-0.15, -0.1) is 0 Å². The minimum absolute atomic E-state index is 0.0340. The first kappa shape index (κ1) is 17.5. The number of nitrogens with one attached hydrogen (secondary N) is 2. The Morgan fingerprint density at radius 3 is 2.70 bits per heavy atom. The van der Waals surface area contributed by atoms with Crippen LogP contribution in [0.5, 0.6) is 0 Å². The molecule has 1 aromatic carbocycles. The zero-order chi connectivity index (χ0) is 18.6. The molecule has 7 nitrogen and oxygen atoms in total. The highest BCUT2D eigenvalue weighted by Gasteiger charge is 2.26. The maximum atomic E-state index is 12.5. The van der Waals surface area contributed by atoms with Crippen LogP contribution in [0.25, 0.3) is 10.8 Å². The molecule has 27 heavy (non-hydrogen) atoms. The fourth-order valence-corrected chi connectivity index (χ4v) is 3.68. The molecule has 0 spiro atoms. The SMILES string of the molecule is O=C(Cc1n[nH]c(=O)c2ccccc12)NCC(c1ccco1)N1CCCC1. The molecular weight excluding hydrogens is 344 g/mol. The van der Waals surface area contributed by atoms with E-state index in [-0.39, 0.29) is 23.9 Å². The summed E-state index contributed by atoms with van der Waals surface area (Å²) < 4.78 is 5.58. The average Bonchev–Trinajstić information content (AvgIpc) is 3.39. The van der Waals surface area contributed by atoms with Gasteiger partial charge in [0.1, 0.15) is 5.76 Å². The second-order valence-corrected chi connectivity index (χ2v) is 6.80. The van der Waals surface area contributed by atoms with Crippen molar-refractivity contribution in [2.45, 2.75) is 25.3 Å². The van der Waals surface area contributed by atoms with E-state index in [0.29, 0.717) is 23.0 Å². The Morgan fingerprint density at radius 1 is 1.19 bits per heavy atom. The summed E-state index contributed by atoms with van der Waals surface area (Å²) >= 11 is 0. The van der Waals surface area contributed by atoms with Gasteiger partial charge >= 0.3 is 0 Å². The summed E-state index contributed by atoms with van der Waals surface area (Å²) in [4.78, 5) is 26.8. The van der Waals surface area contributed by atoms with Gasteiger partial charge in [-0.3, -0.25) is 14.5 Å². The highest BCUT2D eigenvalue weighted by molar-refractivity contribution is 5.88. The van der Waals surface area contributed by atoms with Crippen LogP contribution in [0.2, 0.25) is 0 Å². The maximum Gasteiger partial charge on any atom is 0.272 e. The van der Waals surface area contributed by atoms with Gasteiger partial charge in [-0.25, -0.2) is 5.10 Å². The fraction of sp³-hybridized carbons (Fsp3) is 0.350. The first-order valence-corrected chi connectivity index (χ1v) is 9.23. The lowest BCUT2D eigenvalue weighted by Crippen LogP contribution is -2.37. The second-order valence-electron chi connectivity index (χ2n) is 6.80. The van der Waals surface area contributed by atoms with E-state index in [4.69, 9.17) is 4.42 Å². The lowest BCUT2D eigenvalue weighted by atomic mass is 10.1. The van der Waals surface area contributed by atoms with Gasteiger partial charge < -0.3 is 9.73 Å². The predicted octanol–water partition coefficient (Wildman–Crippen LogP) is 2.01. The molecule has 3 aromatic rings. The molecule has 1 unspecified atom stereocenters. The summed E-state index contributed by atoms with van der Waals surface area (Å²) in [5.41, 5.74) is 0.320. The summed E-state index contributed by atoms with van der Waals surface area (Å²) in [5, 5.41) is 10.8. The number of amides is 1. The molecule has 7 heteroatoms. The van der Waals surface area contributed by atoms with Crippen molar-refractivity contribution in [2.75, 3.05) is 19.6 Å². The van der Waals surface area contributed by atoms with Crippen molar-refractivity contribution >= 4 is 16.7 Å². The number of benzene rings is 1. The largest absolute Gasteiger partial charge is 0.468 e. The fourth-order valence-electron chi connectivity index (χ4n) is 3.68. The van der Waals surface area contributed by atoms with Crippen LogP contribution in [0, 0.1) is 0 Å². The van der Waals surface area contributed by atoms with Gasteiger partial charge in [-0.05, 0) is 44.1 Å². The van der Waals surface area contributed by atoms with Crippen molar-refractivity contribution in [3.8, 4) is 0 Å². The Balaban J connectivity index is 1.46. The number of H-pyrrole nitrogens is 1. The van der Waals surface area contributed by atoms with Crippen molar-refractivity contribution in [3.63, 3.8) is 0 Å². The topological polar surface area (TPSA) is 91.2 Å². The number of hydrogen-bond donors (Lipinski definition) is 2. The highest BCUT2D eigenvalue weighted by atomic mass is 16.3. The zero-order valence-corrected chi connectivity index (χ0v) is 15.0. The van der Waals surface area contributed by atoms with E-state index < -0.39 is 0 Å². The van der Waals surface area contributed by atoms with Gasteiger partial charge in [0.15, 0.2) is 0 Å². The molecule has 2 N–H and O–H groups in total. The Labute approximate surface area is 156 Å². The van der Waals surface area contributed by atoms with Crippen molar-refractivity contribution in [1.82, 2.24) is 20.4 Å². The number of nitrogens with zero attached hydrogens (tertiary/aromatic N) is 2. The normalized spacial score (nSPS) is 15.9. The summed E-state index contributed by atoms with van der Waals surface area (Å²) in [5.74, 6) is 0.736. The van der Waals surface area contributed by atoms with Gasteiger partial charge in [0.25, 0.3) is 5.56 Å². The average molecular weight is 366 g/mol. The van der Waals surface area contributed by atoms with Crippen molar-refractivity contribution in [2.24, 2.45) is 0 Å². The minimum atomic E-state index is -0.248. The molecule has 1 amide bonds. The number of rotatable bonds is 6. The first-order valence-electron chi connectivity index (χ1n) is 9.23. The van der Waals surface area contributed by atoms with Gasteiger partial charge in [-0.1, -0.05) is 18.2 Å². The summed E-state index contributed by atoms with van der Waals surface area (Å²) in [6, 6.07) is 11.0. The monoisotopic (exact) mass is 366 g/mol. The smallest absolute Gasteiger partial charge is 0.272 e. The van der Waals surface area contributed by atoms with E-state index >= 15 is 0 Å². The molecule has 1 aliphatic heterocycles. The summed E-state index contributed by atoms with van der Waals surface area (Å²) in [6.45, 7) is 2.49. The molecule has 1 aliphatic rings. The predicted molar refractivity (Wildman–Crippen MR) is 101 cm³/mol. The van der Waals surface area contributed by atoms with Crippen LogP contribution >= 0.6 is 0 Å². The van der Waals surface area contributed by atoms with Crippen LogP contribution < -0.4 is 10.9 Å². The van der Waals surface area contributed by atoms with E-state index in [1.54, 1.807) is 18.4 Å². The molecule has 2 aromatic heterocycles. The Morgan fingerprint density at radius 2 is 1.96 bits per heavy atom. The van der Waals surface area contributed by atoms with E-state index in [2.05, 4.69) is 20.4 Å². The molecule has 0 radical (unpaired) electrons. The number of carbonyl (C=O) groups is 1. The van der Waals surface area contributed by atoms with Crippen LogP contribution in [0.15, 0.2) is 51.9 Å². The number of hydrogen-bond acceptors (Lipinski definition) is 5. The Bertz CT molecular complexity index is 974. The van der Waals surface area contributed by atoms with Crippen LogP contribution in [-0.2, 0) is 11.2 Å². The number of aromatic amines is 1. The third-order valence-electron chi connectivity index (χ3n) is 5.05. The third-order valence-corrected chi connectivity index (χ3v) is 5.05. The lowest BCUT2D eigenvalue weighted by molar-refractivity contribution is -0.120. The van der Waals surface area contributed by atoms with Crippen molar-refractivity contribution in [3.05, 3.63) is 64.5 Å². The molecule has 4 rings (SSSR count). The van der Waals surface area contributed by atoms with Crippen molar-refractivity contribution in [1.29, 1.82) is 0 Å². The number of likely N-dealkylation sites (tertiary alicyclic amines) is 1. The van der Waals surface area contributed by atoms with Gasteiger partial charge in [0.2, 0.25) is 5.91 Å². The standard InChI is InChI=1S/C20H22N4O3/c25-19(12-16-14-6-1-2-7-15(14)20(26)23-22-16)21-13-17(18-8-5-11-27-18)24-9-3-4-10-24/h1-2,5-8,11,17H,3-4,9-10,12-13H2,(H,21,25)(H,23,26). The summed E-state index contributed by atoms with van der Waals surface area (Å²) in [7, 11) is 0. The van der Waals surface area contributed by atoms with Crippen molar-refractivity contribution < 1.29 is 9.21 Å². The van der Waals surface area contributed by atoms with Gasteiger partial charge in [0.05, 0.1) is 29.8 Å². The molecule has 0 bridgehead atoms. The third kappa shape index (κ3) is 3.78. The lowest BCUT2D eigenvalue weighted by Gasteiger charge is -2.26. The molecule has 140 valence electrons. The van der Waals surface area contributed by atoms with E-state index in [1.807, 2.05) is 24.3 Å². The van der Waals surface area contributed by atoms with Crippen LogP contribution in [0.4, 0.5) is 0 Å². The quantitative estimate of drug-likeness (QED) is 0.696. The number of furan rings is 1. The van der Waals surface area contributed by atoms with Gasteiger partial charge in [0, 0.05) is 11.9 Å². The Kier molecular flexibility index (Phi) is 5.02. The molecular formula is C20H22N4O3. The molecule has 0 saturated carbocycles. The minimum Gasteiger partial charge on any atom is -0.468 e. The second kappa shape index (κ2) is 7.75. The van der Waals surface area contributed by atoms with E-state index in [0.717, 1.165) is 18.8 Å². The van der Waals surface area contributed by atoms with Gasteiger partial charge in [-0.2, -0.15) is 5.10 Å². The van der Waals surface area contributed by atoms with Crippen LogP contribution in [0.1, 0.15) is 30.3 Å². The molecule has 3 heterocycles. The molecule has 1 fully saturated rings. The number of aromatic nitrogens is 2. The number of fused-ring (bicyclic) bond motifs is 1. The molecule has 0 aliphatic carbocycles. The Hall–Kier alpha value is -2.93.